The molecule has 1 N–H and O–H groups in total. The number of hydrogen-bond donors (Lipinski definition) is 1. The zero-order chi connectivity index (χ0) is 21.3. The molecule has 3 saturated carbocycles. The quantitative estimate of drug-likeness (QED) is 0.538. The molecule has 0 saturated heterocycles. The summed E-state index contributed by atoms with van der Waals surface area (Å²) in [5, 5.41) is 5.39. The molecule has 5 nitrogen and oxygen atoms in total. The summed E-state index contributed by atoms with van der Waals surface area (Å²) in [7, 11) is 1.29. The Labute approximate surface area is 180 Å². The average Bonchev–Trinajstić information content (AvgIpc) is 3.22. The van der Waals surface area contributed by atoms with Gasteiger partial charge in [-0.1, -0.05) is 24.6 Å². The maximum Gasteiger partial charge on any atom is 0.338 e. The summed E-state index contributed by atoms with van der Waals surface area (Å²) in [4.78, 5) is 21.9. The van der Waals surface area contributed by atoms with Crippen molar-refractivity contribution in [2.75, 3.05) is 7.11 Å². The summed E-state index contributed by atoms with van der Waals surface area (Å²) < 4.78 is 33.1. The number of carbonyl (C=O) groups excluding carboxylic acids is 1. The number of allylic oxidation sites excluding steroid dienone is 1. The van der Waals surface area contributed by atoms with E-state index in [0.717, 1.165) is 31.0 Å². The first-order chi connectivity index (χ1) is 14.3. The monoisotopic (exact) mass is 449 g/mol. The molecule has 3 aliphatic carbocycles. The molecule has 156 valence electrons. The number of thiazole rings is 1. The summed E-state index contributed by atoms with van der Waals surface area (Å²) in [5.74, 6) is -2.31. The molecular weight excluding hydrogens is 432 g/mol. The molecule has 1 aromatic carbocycles. The smallest absolute Gasteiger partial charge is 0.338 e. The van der Waals surface area contributed by atoms with Crippen LogP contribution in [0.15, 0.2) is 40.0 Å². The van der Waals surface area contributed by atoms with Gasteiger partial charge in [-0.25, -0.2) is 18.6 Å². The number of hydrogen-bond acceptors (Lipinski definition) is 6. The highest BCUT2D eigenvalue weighted by Gasteiger charge is 2.68. The van der Waals surface area contributed by atoms with Gasteiger partial charge in [0, 0.05) is 28.3 Å². The Morgan fingerprint density at radius 1 is 1.33 bits per heavy atom. The summed E-state index contributed by atoms with van der Waals surface area (Å²) in [5.41, 5.74) is 1.32. The Morgan fingerprint density at radius 2 is 2.07 bits per heavy atom. The van der Waals surface area contributed by atoms with E-state index in [1.165, 1.54) is 24.5 Å². The Morgan fingerprint density at radius 3 is 2.67 bits per heavy atom. The van der Waals surface area contributed by atoms with Crippen molar-refractivity contribution in [3.8, 4) is 0 Å². The van der Waals surface area contributed by atoms with Crippen LogP contribution in [0.1, 0.15) is 42.8 Å². The van der Waals surface area contributed by atoms with Gasteiger partial charge in [0.2, 0.25) is 0 Å². The Kier molecular flexibility index (Phi) is 4.31. The number of benzene rings is 1. The molecule has 2 aromatic rings. The van der Waals surface area contributed by atoms with Gasteiger partial charge in [0.05, 0.1) is 17.7 Å². The van der Waals surface area contributed by atoms with Gasteiger partial charge in [-0.3, -0.25) is 4.99 Å². The van der Waals surface area contributed by atoms with E-state index in [0.29, 0.717) is 10.8 Å². The highest BCUT2D eigenvalue weighted by Crippen LogP contribution is 2.76. The molecule has 30 heavy (non-hydrogen) atoms. The molecule has 3 fully saturated rings. The third-order valence-electron chi connectivity index (χ3n) is 6.27. The summed E-state index contributed by atoms with van der Waals surface area (Å²) in [6.45, 7) is 2.22. The maximum atomic E-state index is 14.3. The van der Waals surface area contributed by atoms with E-state index in [4.69, 9.17) is 16.3 Å². The average molecular weight is 450 g/mol. The van der Waals surface area contributed by atoms with E-state index in [1.54, 1.807) is 6.20 Å². The SMILES string of the molecule is COC(=O)C1=C(C23CC(C)(C2)C3)NC(c2nccs2)=NC1c1ccc(F)c(F)c1Cl. The second kappa shape index (κ2) is 6.59. The minimum absolute atomic E-state index is 0.181. The summed E-state index contributed by atoms with van der Waals surface area (Å²) >= 11 is 7.56. The number of amidine groups is 1. The van der Waals surface area contributed by atoms with E-state index < -0.39 is 28.7 Å². The fourth-order valence-corrected chi connectivity index (χ4v) is 6.12. The van der Waals surface area contributed by atoms with Crippen molar-refractivity contribution < 1.29 is 18.3 Å². The van der Waals surface area contributed by atoms with Crippen LogP contribution in [0.3, 0.4) is 0 Å². The molecule has 6 rings (SSSR count). The number of aliphatic imine (C=N–C) groups is 1. The number of ether oxygens (including phenoxy) is 1. The number of rotatable bonds is 4. The summed E-state index contributed by atoms with van der Waals surface area (Å²) in [6.07, 6.45) is 4.47. The van der Waals surface area contributed by atoms with Gasteiger partial charge in [0.25, 0.3) is 0 Å². The lowest BCUT2D eigenvalue weighted by Crippen LogP contribution is -2.64. The lowest BCUT2D eigenvalue weighted by Gasteiger charge is -2.70. The highest BCUT2D eigenvalue weighted by atomic mass is 35.5. The van der Waals surface area contributed by atoms with Crippen LogP contribution in [0.4, 0.5) is 8.78 Å². The van der Waals surface area contributed by atoms with Gasteiger partial charge < -0.3 is 10.1 Å². The second-order valence-electron chi connectivity index (χ2n) is 8.51. The molecule has 2 bridgehead atoms. The summed E-state index contributed by atoms with van der Waals surface area (Å²) in [6, 6.07) is 1.43. The van der Waals surface area contributed by atoms with Crippen LogP contribution in [0.5, 0.6) is 0 Å². The van der Waals surface area contributed by atoms with Crippen LogP contribution in [-0.2, 0) is 9.53 Å². The number of nitrogens with one attached hydrogen (secondary N) is 1. The molecule has 4 aliphatic rings. The van der Waals surface area contributed by atoms with Crippen molar-refractivity contribution in [1.29, 1.82) is 0 Å². The molecular formula is C21H18ClF2N3O2S. The van der Waals surface area contributed by atoms with Crippen LogP contribution in [0.25, 0.3) is 0 Å². The minimum atomic E-state index is -1.16. The first-order valence-corrected chi connectivity index (χ1v) is 10.7. The third-order valence-corrected chi connectivity index (χ3v) is 7.43. The van der Waals surface area contributed by atoms with E-state index >= 15 is 0 Å². The minimum Gasteiger partial charge on any atom is -0.466 e. The van der Waals surface area contributed by atoms with Gasteiger partial charge in [0.1, 0.15) is 6.04 Å². The van der Waals surface area contributed by atoms with Crippen molar-refractivity contribution in [2.45, 2.75) is 32.2 Å². The Bertz CT molecular complexity index is 1110. The van der Waals surface area contributed by atoms with Crippen LogP contribution < -0.4 is 5.32 Å². The van der Waals surface area contributed by atoms with E-state index in [2.05, 4.69) is 22.2 Å². The predicted octanol–water partition coefficient (Wildman–Crippen LogP) is 4.78. The number of esters is 1. The Balaban J connectivity index is 1.71. The molecule has 2 heterocycles. The van der Waals surface area contributed by atoms with Gasteiger partial charge in [-0.05, 0) is 30.7 Å². The number of carbonyl (C=O) groups is 1. The van der Waals surface area contributed by atoms with Crippen molar-refractivity contribution in [3.63, 3.8) is 0 Å². The zero-order valence-corrected chi connectivity index (χ0v) is 17.8. The second-order valence-corrected chi connectivity index (χ2v) is 9.78. The van der Waals surface area contributed by atoms with Crippen molar-refractivity contribution >= 4 is 34.7 Å². The molecule has 0 amide bonds. The van der Waals surface area contributed by atoms with Crippen molar-refractivity contribution in [2.24, 2.45) is 15.8 Å². The van der Waals surface area contributed by atoms with Crippen LogP contribution in [0, 0.1) is 22.5 Å². The number of halogens is 3. The van der Waals surface area contributed by atoms with E-state index in [-0.39, 0.29) is 22.0 Å². The lowest BCUT2D eigenvalue weighted by molar-refractivity contribution is -0.167. The van der Waals surface area contributed by atoms with Gasteiger partial charge in [-0.15, -0.1) is 11.3 Å². The molecule has 0 radical (unpaired) electrons. The third kappa shape index (κ3) is 2.73. The zero-order valence-electron chi connectivity index (χ0n) is 16.3. The molecule has 1 atom stereocenters. The number of aromatic nitrogens is 1. The molecule has 1 aromatic heterocycles. The van der Waals surface area contributed by atoms with Gasteiger partial charge in [-0.2, -0.15) is 0 Å². The van der Waals surface area contributed by atoms with Gasteiger partial charge in [0.15, 0.2) is 22.5 Å². The maximum absolute atomic E-state index is 14.3. The van der Waals surface area contributed by atoms with E-state index in [9.17, 15) is 13.6 Å². The van der Waals surface area contributed by atoms with E-state index in [1.807, 2.05) is 5.38 Å². The van der Waals surface area contributed by atoms with Crippen LogP contribution >= 0.6 is 22.9 Å². The van der Waals surface area contributed by atoms with Crippen molar-refractivity contribution in [1.82, 2.24) is 10.3 Å². The molecule has 1 unspecified atom stereocenters. The molecule has 9 heteroatoms. The van der Waals surface area contributed by atoms with Crippen LogP contribution in [-0.4, -0.2) is 23.9 Å². The standard InChI is InChI=1S/C21H18ClF2N3O2S/c1-20-7-21(8-20,9-20)16-12(19(28)29-2)15(10-3-4-11(23)14(24)13(10)22)26-17(27-16)18-25-5-6-30-18/h3-6,15H,7-9H2,1-2H3,(H,26,27). The normalized spacial score (nSPS) is 29.5. The number of methoxy groups -OCH3 is 1. The number of nitrogens with zero attached hydrogens (tertiary/aromatic N) is 2. The topological polar surface area (TPSA) is 63.6 Å². The van der Waals surface area contributed by atoms with Crippen LogP contribution in [0.2, 0.25) is 5.02 Å². The lowest BCUT2D eigenvalue weighted by atomic mass is 9.34. The highest BCUT2D eigenvalue weighted by molar-refractivity contribution is 7.11. The predicted molar refractivity (Wildman–Crippen MR) is 109 cm³/mol. The molecule has 1 aliphatic heterocycles. The molecule has 0 spiro atoms. The fraction of sp³-hybridized carbons (Fsp3) is 0.381. The largest absolute Gasteiger partial charge is 0.466 e. The Hall–Kier alpha value is -2.32. The van der Waals surface area contributed by atoms with Gasteiger partial charge >= 0.3 is 5.97 Å². The first kappa shape index (κ1) is 19.6. The first-order valence-electron chi connectivity index (χ1n) is 9.48. The fourth-order valence-electron chi connectivity index (χ4n) is 5.28. The van der Waals surface area contributed by atoms with Crippen molar-refractivity contribution in [3.05, 3.63) is 62.2 Å².